The van der Waals surface area contributed by atoms with Crippen molar-refractivity contribution in [3.63, 3.8) is 0 Å². The van der Waals surface area contributed by atoms with Gasteiger partial charge in [0.15, 0.2) is 0 Å². The van der Waals surface area contributed by atoms with Crippen molar-refractivity contribution in [3.05, 3.63) is 29.8 Å². The maximum Gasteiger partial charge on any atom is 0.223 e. The zero-order valence-electron chi connectivity index (χ0n) is 11.5. The zero-order valence-corrected chi connectivity index (χ0v) is 11.5. The number of methoxy groups -OCH3 is 1. The van der Waals surface area contributed by atoms with E-state index >= 15 is 0 Å². The highest BCUT2D eigenvalue weighted by atomic mass is 16.5. The van der Waals surface area contributed by atoms with Crippen LogP contribution in [-0.4, -0.2) is 36.1 Å². The number of aliphatic hydroxyl groups excluding tert-OH is 1. The average Bonchev–Trinajstić information content (AvgIpc) is 2.79. The molecule has 0 aliphatic carbocycles. The molecular formula is C15H21NO3. The van der Waals surface area contributed by atoms with Crippen LogP contribution in [0.15, 0.2) is 24.3 Å². The van der Waals surface area contributed by atoms with E-state index in [1.165, 1.54) is 0 Å². The monoisotopic (exact) mass is 263 g/mol. The molecule has 0 saturated carbocycles. The highest BCUT2D eigenvalue weighted by molar-refractivity contribution is 5.78. The number of benzene rings is 1. The third kappa shape index (κ3) is 3.26. The number of aliphatic hydroxyl groups is 1. The number of rotatable bonds is 5. The Hall–Kier alpha value is -1.55. The van der Waals surface area contributed by atoms with Gasteiger partial charge in [0.25, 0.3) is 0 Å². The van der Waals surface area contributed by atoms with Crippen LogP contribution in [0.3, 0.4) is 0 Å². The first-order valence-corrected chi connectivity index (χ1v) is 6.73. The molecule has 2 unspecified atom stereocenters. The molecule has 19 heavy (non-hydrogen) atoms. The summed E-state index contributed by atoms with van der Waals surface area (Å²) in [6, 6.07) is 7.31. The standard InChI is InChI=1S/C15H21NO3/c1-3-11-8-15(18)16(9-11)10-14(17)12-4-6-13(19-2)7-5-12/h4-7,11,14,17H,3,8-10H2,1-2H3. The smallest absolute Gasteiger partial charge is 0.223 e. The lowest BCUT2D eigenvalue weighted by Crippen LogP contribution is -2.30. The second-order valence-electron chi connectivity index (χ2n) is 5.07. The molecule has 4 heteroatoms. The Labute approximate surface area is 114 Å². The van der Waals surface area contributed by atoms with E-state index in [1.54, 1.807) is 12.0 Å². The Bertz CT molecular complexity index is 430. The van der Waals surface area contributed by atoms with Gasteiger partial charge in [0, 0.05) is 13.0 Å². The van der Waals surface area contributed by atoms with Gasteiger partial charge in [-0.15, -0.1) is 0 Å². The SMILES string of the molecule is CCC1CC(=O)N(CC(O)c2ccc(OC)cc2)C1. The van der Waals surface area contributed by atoms with Crippen LogP contribution in [0.25, 0.3) is 0 Å². The fourth-order valence-electron chi connectivity index (χ4n) is 2.44. The maximum atomic E-state index is 11.8. The first-order valence-electron chi connectivity index (χ1n) is 6.73. The molecule has 0 spiro atoms. The molecule has 1 heterocycles. The first kappa shape index (κ1) is 13.9. The molecule has 0 aromatic heterocycles. The third-order valence-electron chi connectivity index (χ3n) is 3.77. The lowest BCUT2D eigenvalue weighted by Gasteiger charge is -2.21. The molecule has 2 atom stereocenters. The third-order valence-corrected chi connectivity index (χ3v) is 3.77. The summed E-state index contributed by atoms with van der Waals surface area (Å²) in [5, 5.41) is 10.2. The number of hydrogen-bond donors (Lipinski definition) is 1. The highest BCUT2D eigenvalue weighted by Crippen LogP contribution is 2.24. The molecule has 1 fully saturated rings. The molecule has 104 valence electrons. The van der Waals surface area contributed by atoms with Crippen molar-refractivity contribution < 1.29 is 14.6 Å². The second-order valence-corrected chi connectivity index (χ2v) is 5.07. The summed E-state index contributed by atoms with van der Waals surface area (Å²) in [6.07, 6.45) is 0.998. The van der Waals surface area contributed by atoms with Gasteiger partial charge in [-0.1, -0.05) is 25.5 Å². The number of carbonyl (C=O) groups is 1. The summed E-state index contributed by atoms with van der Waals surface area (Å²) < 4.78 is 5.08. The summed E-state index contributed by atoms with van der Waals surface area (Å²) in [5.41, 5.74) is 0.813. The fourth-order valence-corrected chi connectivity index (χ4v) is 2.44. The Morgan fingerprint density at radius 2 is 2.11 bits per heavy atom. The van der Waals surface area contributed by atoms with Crippen LogP contribution in [0.1, 0.15) is 31.4 Å². The topological polar surface area (TPSA) is 49.8 Å². The number of hydrogen-bond acceptors (Lipinski definition) is 3. The van der Waals surface area contributed by atoms with E-state index in [9.17, 15) is 9.90 Å². The van der Waals surface area contributed by atoms with Crippen molar-refractivity contribution in [1.29, 1.82) is 0 Å². The molecular weight excluding hydrogens is 242 g/mol. The van der Waals surface area contributed by atoms with E-state index < -0.39 is 6.10 Å². The summed E-state index contributed by atoms with van der Waals surface area (Å²) >= 11 is 0. The molecule has 0 radical (unpaired) electrons. The summed E-state index contributed by atoms with van der Waals surface area (Å²) in [4.78, 5) is 13.6. The number of likely N-dealkylation sites (tertiary alicyclic amines) is 1. The van der Waals surface area contributed by atoms with Gasteiger partial charge < -0.3 is 14.7 Å². The molecule has 1 aromatic rings. The Kier molecular flexibility index (Phi) is 4.43. The van der Waals surface area contributed by atoms with Gasteiger partial charge >= 0.3 is 0 Å². The van der Waals surface area contributed by atoms with E-state index in [2.05, 4.69) is 6.92 Å². The first-order chi connectivity index (χ1) is 9.13. The van der Waals surface area contributed by atoms with Gasteiger partial charge in [0.05, 0.1) is 19.8 Å². The van der Waals surface area contributed by atoms with E-state index in [-0.39, 0.29) is 5.91 Å². The van der Waals surface area contributed by atoms with Crippen LogP contribution in [-0.2, 0) is 4.79 Å². The number of β-amino-alcohol motifs (C(OH)–C–C–N with tert-alkyl or cyclic N) is 1. The largest absolute Gasteiger partial charge is 0.497 e. The van der Waals surface area contributed by atoms with Crippen molar-refractivity contribution in [2.75, 3.05) is 20.2 Å². The lowest BCUT2D eigenvalue weighted by molar-refractivity contribution is -0.129. The predicted octanol–water partition coefficient (Wildman–Crippen LogP) is 1.99. The van der Waals surface area contributed by atoms with Crippen LogP contribution in [0.4, 0.5) is 0 Å². The van der Waals surface area contributed by atoms with Gasteiger partial charge in [-0.05, 0) is 23.6 Å². The molecule has 1 aliphatic rings. The normalized spacial score (nSPS) is 20.7. The van der Waals surface area contributed by atoms with E-state index in [0.717, 1.165) is 24.3 Å². The summed E-state index contributed by atoms with van der Waals surface area (Å²) in [5.74, 6) is 1.36. The van der Waals surface area contributed by atoms with Crippen molar-refractivity contribution in [1.82, 2.24) is 4.90 Å². The van der Waals surface area contributed by atoms with Crippen LogP contribution >= 0.6 is 0 Å². The molecule has 2 rings (SSSR count). The van der Waals surface area contributed by atoms with Gasteiger partial charge in [-0.2, -0.15) is 0 Å². The number of ether oxygens (including phenoxy) is 1. The lowest BCUT2D eigenvalue weighted by atomic mass is 10.1. The number of carbonyl (C=O) groups excluding carboxylic acids is 1. The highest BCUT2D eigenvalue weighted by Gasteiger charge is 2.29. The second kappa shape index (κ2) is 6.06. The van der Waals surface area contributed by atoms with Gasteiger partial charge in [-0.3, -0.25) is 4.79 Å². The summed E-state index contributed by atoms with van der Waals surface area (Å²) in [6.45, 7) is 3.24. The molecule has 1 amide bonds. The van der Waals surface area contributed by atoms with E-state index in [4.69, 9.17) is 4.74 Å². The van der Waals surface area contributed by atoms with Crippen LogP contribution in [0, 0.1) is 5.92 Å². The van der Waals surface area contributed by atoms with Crippen molar-refractivity contribution in [3.8, 4) is 5.75 Å². The number of amides is 1. The maximum absolute atomic E-state index is 11.8. The Morgan fingerprint density at radius 1 is 1.42 bits per heavy atom. The number of nitrogens with zero attached hydrogens (tertiary/aromatic N) is 1. The minimum Gasteiger partial charge on any atom is -0.497 e. The molecule has 0 bridgehead atoms. The quantitative estimate of drug-likeness (QED) is 0.883. The van der Waals surface area contributed by atoms with E-state index in [0.29, 0.717) is 18.9 Å². The average molecular weight is 263 g/mol. The molecule has 1 aliphatic heterocycles. The van der Waals surface area contributed by atoms with Gasteiger partial charge in [0.1, 0.15) is 5.75 Å². The van der Waals surface area contributed by atoms with Crippen LogP contribution in [0.2, 0.25) is 0 Å². The summed E-state index contributed by atoms with van der Waals surface area (Å²) in [7, 11) is 1.61. The van der Waals surface area contributed by atoms with E-state index in [1.807, 2.05) is 24.3 Å². The fraction of sp³-hybridized carbons (Fsp3) is 0.533. The van der Waals surface area contributed by atoms with Crippen molar-refractivity contribution in [2.45, 2.75) is 25.9 Å². The van der Waals surface area contributed by atoms with Gasteiger partial charge in [0.2, 0.25) is 5.91 Å². The molecule has 1 saturated heterocycles. The van der Waals surface area contributed by atoms with Crippen molar-refractivity contribution in [2.24, 2.45) is 5.92 Å². The van der Waals surface area contributed by atoms with Crippen LogP contribution < -0.4 is 4.74 Å². The Balaban J connectivity index is 1.96. The van der Waals surface area contributed by atoms with Gasteiger partial charge in [-0.25, -0.2) is 0 Å². The van der Waals surface area contributed by atoms with Crippen LogP contribution in [0.5, 0.6) is 5.75 Å². The molecule has 4 nitrogen and oxygen atoms in total. The minimum atomic E-state index is -0.634. The van der Waals surface area contributed by atoms with Crippen molar-refractivity contribution >= 4 is 5.91 Å². The predicted molar refractivity (Wildman–Crippen MR) is 72.9 cm³/mol. The zero-order chi connectivity index (χ0) is 13.8. The molecule has 1 N–H and O–H groups in total. The molecule has 1 aromatic carbocycles. The minimum absolute atomic E-state index is 0.152. The Morgan fingerprint density at radius 3 is 2.63 bits per heavy atom.